The lowest BCUT2D eigenvalue weighted by Gasteiger charge is -2.19. The third kappa shape index (κ3) is 4.34. The zero-order valence-electron chi connectivity index (χ0n) is 15.2. The molecule has 2 saturated carbocycles. The van der Waals surface area contributed by atoms with Crippen molar-refractivity contribution in [2.75, 3.05) is 12.0 Å². The molecule has 2 aromatic rings. The highest BCUT2D eigenvalue weighted by atomic mass is 32.2. The number of anilines is 1. The van der Waals surface area contributed by atoms with Gasteiger partial charge in [0.05, 0.1) is 11.4 Å². The molecule has 2 aliphatic carbocycles. The van der Waals surface area contributed by atoms with Crippen LogP contribution in [0.15, 0.2) is 12.3 Å². The van der Waals surface area contributed by atoms with Gasteiger partial charge in [-0.1, -0.05) is 32.1 Å². The molecule has 144 valence electrons. The molecular weight excluding hydrogens is 355 g/mol. The molecule has 0 saturated heterocycles. The molecule has 0 aromatic carbocycles. The van der Waals surface area contributed by atoms with Crippen LogP contribution >= 0.6 is 0 Å². The second-order valence-corrected chi connectivity index (χ2v) is 9.73. The lowest BCUT2D eigenvalue weighted by molar-refractivity contribution is 0.486. The van der Waals surface area contributed by atoms with E-state index in [9.17, 15) is 12.8 Å². The molecule has 0 atom stereocenters. The van der Waals surface area contributed by atoms with Crippen molar-refractivity contribution in [2.24, 2.45) is 0 Å². The first-order chi connectivity index (χ1) is 12.4. The van der Waals surface area contributed by atoms with Gasteiger partial charge in [0.2, 0.25) is 5.95 Å². The first kappa shape index (κ1) is 19.1. The van der Waals surface area contributed by atoms with Crippen LogP contribution in [0.5, 0.6) is 0 Å². The standard InChI is InChI=1S/C11H13FN4.C7H14O2S/c12-8-5-9(7-3-1-2-4-7)16-10(8)6-14-11(13)15-16;1-10(8,9)7-5-3-2-4-6-7/h5-7H,1-4H2,(H2,13,15);7H,2-6H2,1H3. The first-order valence-electron chi connectivity index (χ1n) is 9.35. The van der Waals surface area contributed by atoms with Crippen LogP contribution in [-0.4, -0.2) is 34.5 Å². The van der Waals surface area contributed by atoms with Gasteiger partial charge in [0.25, 0.3) is 0 Å². The van der Waals surface area contributed by atoms with Gasteiger partial charge in [-0.05, 0) is 31.7 Å². The summed E-state index contributed by atoms with van der Waals surface area (Å²) in [5, 5.41) is 4.06. The van der Waals surface area contributed by atoms with E-state index in [2.05, 4.69) is 10.1 Å². The van der Waals surface area contributed by atoms with E-state index in [-0.39, 0.29) is 17.0 Å². The summed E-state index contributed by atoms with van der Waals surface area (Å²) < 4.78 is 37.2. The molecule has 0 aliphatic heterocycles. The number of rotatable bonds is 2. The molecule has 0 spiro atoms. The molecule has 0 bridgehead atoms. The van der Waals surface area contributed by atoms with Gasteiger partial charge in [-0.25, -0.2) is 22.3 Å². The van der Waals surface area contributed by atoms with Gasteiger partial charge in [-0.15, -0.1) is 5.10 Å². The molecule has 0 unspecified atom stereocenters. The lowest BCUT2D eigenvalue weighted by atomic mass is 10.0. The molecule has 2 fully saturated rings. The van der Waals surface area contributed by atoms with Crippen molar-refractivity contribution >= 4 is 21.3 Å². The monoisotopic (exact) mass is 382 g/mol. The summed E-state index contributed by atoms with van der Waals surface area (Å²) in [6, 6.07) is 1.57. The van der Waals surface area contributed by atoms with Gasteiger partial charge in [-0.3, -0.25) is 0 Å². The number of nitrogens with zero attached hydrogens (tertiary/aromatic N) is 3. The van der Waals surface area contributed by atoms with Crippen molar-refractivity contribution in [3.8, 4) is 0 Å². The average Bonchev–Trinajstić information content (AvgIpc) is 3.24. The summed E-state index contributed by atoms with van der Waals surface area (Å²) in [6.45, 7) is 0. The summed E-state index contributed by atoms with van der Waals surface area (Å²) >= 11 is 0. The number of hydrogen-bond acceptors (Lipinski definition) is 5. The summed E-state index contributed by atoms with van der Waals surface area (Å²) in [5.74, 6) is 0.329. The molecule has 2 N–H and O–H groups in total. The maximum atomic E-state index is 13.7. The third-order valence-corrected chi connectivity index (χ3v) is 7.13. The highest BCUT2D eigenvalue weighted by Gasteiger charge is 2.23. The van der Waals surface area contributed by atoms with Crippen LogP contribution < -0.4 is 5.73 Å². The predicted molar refractivity (Wildman–Crippen MR) is 100 cm³/mol. The number of nitrogens with two attached hydrogens (primary N) is 1. The van der Waals surface area contributed by atoms with E-state index < -0.39 is 9.84 Å². The Balaban J connectivity index is 0.000000170. The van der Waals surface area contributed by atoms with E-state index in [4.69, 9.17) is 5.73 Å². The molecule has 26 heavy (non-hydrogen) atoms. The third-order valence-electron chi connectivity index (χ3n) is 5.44. The van der Waals surface area contributed by atoms with E-state index in [1.807, 2.05) is 0 Å². The Morgan fingerprint density at radius 3 is 2.31 bits per heavy atom. The topological polar surface area (TPSA) is 90.3 Å². The summed E-state index contributed by atoms with van der Waals surface area (Å²) in [6.07, 6.45) is 12.6. The fraction of sp³-hybridized carbons (Fsp3) is 0.667. The molecule has 2 heterocycles. The maximum absolute atomic E-state index is 13.7. The summed E-state index contributed by atoms with van der Waals surface area (Å²) in [4.78, 5) is 3.81. The SMILES string of the molecule is CS(=O)(=O)C1CCCCC1.Nc1ncc2c(F)cc(C3CCCC3)n2n1. The van der Waals surface area contributed by atoms with Crippen LogP contribution in [0.25, 0.3) is 5.52 Å². The average molecular weight is 383 g/mol. The van der Waals surface area contributed by atoms with Crippen LogP contribution in [0, 0.1) is 5.82 Å². The molecule has 0 amide bonds. The maximum Gasteiger partial charge on any atom is 0.238 e. The number of halogens is 1. The molecule has 6 nitrogen and oxygen atoms in total. The fourth-order valence-corrected chi connectivity index (χ4v) is 5.18. The number of nitrogen functional groups attached to an aromatic ring is 1. The van der Waals surface area contributed by atoms with Gasteiger partial charge in [0.15, 0.2) is 5.82 Å². The lowest BCUT2D eigenvalue weighted by Crippen LogP contribution is -2.22. The zero-order valence-corrected chi connectivity index (χ0v) is 16.0. The van der Waals surface area contributed by atoms with Crippen molar-refractivity contribution in [1.29, 1.82) is 0 Å². The number of hydrogen-bond donors (Lipinski definition) is 1. The van der Waals surface area contributed by atoms with Crippen LogP contribution in [0.1, 0.15) is 69.4 Å². The van der Waals surface area contributed by atoms with E-state index >= 15 is 0 Å². The minimum Gasteiger partial charge on any atom is -0.367 e. The van der Waals surface area contributed by atoms with Crippen molar-refractivity contribution in [1.82, 2.24) is 14.6 Å². The second-order valence-electron chi connectivity index (χ2n) is 7.40. The smallest absolute Gasteiger partial charge is 0.238 e. The van der Waals surface area contributed by atoms with Crippen LogP contribution in [0.4, 0.5) is 10.3 Å². The number of sulfone groups is 1. The highest BCUT2D eigenvalue weighted by Crippen LogP contribution is 2.35. The zero-order chi connectivity index (χ0) is 18.7. The Labute approximate surface area is 153 Å². The Hall–Kier alpha value is -1.70. The van der Waals surface area contributed by atoms with Crippen LogP contribution in [0.2, 0.25) is 0 Å². The predicted octanol–water partition coefficient (Wildman–Crippen LogP) is 3.47. The molecule has 4 rings (SSSR count). The minimum atomic E-state index is -2.73. The molecule has 2 aromatic heterocycles. The van der Waals surface area contributed by atoms with Crippen molar-refractivity contribution in [3.63, 3.8) is 0 Å². The van der Waals surface area contributed by atoms with Gasteiger partial charge in [0.1, 0.15) is 15.4 Å². The Morgan fingerprint density at radius 1 is 1.12 bits per heavy atom. The van der Waals surface area contributed by atoms with E-state index in [0.717, 1.165) is 44.2 Å². The van der Waals surface area contributed by atoms with Gasteiger partial charge < -0.3 is 5.73 Å². The van der Waals surface area contributed by atoms with Crippen LogP contribution in [-0.2, 0) is 9.84 Å². The van der Waals surface area contributed by atoms with Crippen molar-refractivity contribution < 1.29 is 12.8 Å². The summed E-state index contributed by atoms with van der Waals surface area (Å²) in [7, 11) is -2.73. The van der Waals surface area contributed by atoms with Gasteiger partial charge in [0, 0.05) is 17.9 Å². The normalized spacial score (nSPS) is 19.5. The van der Waals surface area contributed by atoms with E-state index in [1.54, 1.807) is 10.6 Å². The van der Waals surface area contributed by atoms with Gasteiger partial charge in [-0.2, -0.15) is 0 Å². The van der Waals surface area contributed by atoms with Gasteiger partial charge >= 0.3 is 0 Å². The Bertz CT molecular complexity index is 853. The van der Waals surface area contributed by atoms with Crippen molar-refractivity contribution in [2.45, 2.75) is 69.0 Å². The molecule has 8 heteroatoms. The fourth-order valence-electron chi connectivity index (χ4n) is 3.99. The number of aromatic nitrogens is 3. The quantitative estimate of drug-likeness (QED) is 0.859. The number of fused-ring (bicyclic) bond motifs is 1. The van der Waals surface area contributed by atoms with Crippen molar-refractivity contribution in [3.05, 3.63) is 23.8 Å². The minimum absolute atomic E-state index is 0.0266. The highest BCUT2D eigenvalue weighted by molar-refractivity contribution is 7.91. The van der Waals surface area contributed by atoms with E-state index in [0.29, 0.717) is 11.4 Å². The molecule has 2 aliphatic rings. The second kappa shape index (κ2) is 7.90. The Kier molecular flexibility index (Phi) is 5.79. The molecule has 0 radical (unpaired) electrons. The van der Waals surface area contributed by atoms with Crippen LogP contribution in [0.3, 0.4) is 0 Å². The first-order valence-corrected chi connectivity index (χ1v) is 11.3. The van der Waals surface area contributed by atoms with E-state index in [1.165, 1.54) is 31.7 Å². The largest absolute Gasteiger partial charge is 0.367 e. The Morgan fingerprint density at radius 2 is 1.73 bits per heavy atom. The summed E-state index contributed by atoms with van der Waals surface area (Å²) in [5.41, 5.74) is 6.88. The molecular formula is C18H27FN4O2S.